The first-order chi connectivity index (χ1) is 53.5. The predicted molar refractivity (Wildman–Crippen MR) is 438 cm³/mol. The summed E-state index contributed by atoms with van der Waals surface area (Å²) in [4.78, 5) is 49.8. The third kappa shape index (κ3) is 15.2. The van der Waals surface area contributed by atoms with E-state index < -0.39 is 0 Å². The molecule has 0 amide bonds. The summed E-state index contributed by atoms with van der Waals surface area (Å²) in [6, 6.07) is 136. The van der Waals surface area contributed by atoms with Crippen LogP contribution in [0, 0.1) is 0 Å². The van der Waals surface area contributed by atoms with E-state index in [-0.39, 0.29) is 0 Å². The number of rotatable bonds is 16. The van der Waals surface area contributed by atoms with E-state index >= 15 is 0 Å². The topological polar surface area (TPSA) is 129 Å². The van der Waals surface area contributed by atoms with E-state index in [9.17, 15) is 0 Å². The van der Waals surface area contributed by atoms with Crippen molar-refractivity contribution in [3.63, 3.8) is 0 Å². The second kappa shape index (κ2) is 31.1. The van der Waals surface area contributed by atoms with Gasteiger partial charge in [-0.15, -0.1) is 0 Å². The van der Waals surface area contributed by atoms with E-state index in [0.29, 0.717) is 46.6 Å². The van der Waals surface area contributed by atoms with Crippen molar-refractivity contribution in [1.29, 1.82) is 0 Å². The molecule has 4 aromatic heterocycles. The van der Waals surface area contributed by atoms with Crippen molar-refractivity contribution < 1.29 is 0 Å². The number of hydrogen-bond acceptors (Lipinski definition) is 10. The lowest BCUT2D eigenvalue weighted by atomic mass is 9.99. The van der Waals surface area contributed by atoms with Crippen LogP contribution in [0.15, 0.2) is 400 Å². The van der Waals surface area contributed by atoms with Gasteiger partial charge in [0.15, 0.2) is 46.6 Å². The normalized spacial score (nSPS) is 11.0. The van der Waals surface area contributed by atoms with Gasteiger partial charge < -0.3 is 0 Å². The highest BCUT2D eigenvalue weighted by Gasteiger charge is 2.19. The van der Waals surface area contributed by atoms with Gasteiger partial charge >= 0.3 is 0 Å². The first kappa shape index (κ1) is 66.5. The maximum absolute atomic E-state index is 5.12. The largest absolute Gasteiger partial charge is 0.228 e. The van der Waals surface area contributed by atoms with Crippen LogP contribution in [0.25, 0.3) is 181 Å². The van der Waals surface area contributed by atoms with Gasteiger partial charge in [-0.1, -0.05) is 370 Å². The summed E-state index contributed by atoms with van der Waals surface area (Å²) in [6.45, 7) is 0. The third-order valence-corrected chi connectivity index (χ3v) is 18.7. The zero-order chi connectivity index (χ0) is 72.2. The highest BCUT2D eigenvalue weighted by molar-refractivity contribution is 5.81. The molecule has 14 aromatic carbocycles. The maximum Gasteiger partial charge on any atom is 0.164 e. The van der Waals surface area contributed by atoms with Crippen molar-refractivity contribution in [3.05, 3.63) is 400 Å². The van der Waals surface area contributed by atoms with Crippen LogP contribution in [-0.2, 0) is 0 Å². The number of benzene rings is 14. The fraction of sp³-hybridized carbons (Fsp3) is 0. The lowest BCUT2D eigenvalue weighted by Gasteiger charge is -2.11. The lowest BCUT2D eigenvalue weighted by molar-refractivity contribution is 1.07. The van der Waals surface area contributed by atoms with Gasteiger partial charge in [-0.2, -0.15) is 0 Å². The Kier molecular flexibility index (Phi) is 19.1. The van der Waals surface area contributed by atoms with Gasteiger partial charge in [0.1, 0.15) is 0 Å². The van der Waals surface area contributed by atoms with Crippen molar-refractivity contribution in [2.24, 2.45) is 0 Å². The molecule has 0 saturated heterocycles. The molecule has 508 valence electrons. The van der Waals surface area contributed by atoms with E-state index in [4.69, 9.17) is 49.8 Å². The summed E-state index contributed by atoms with van der Waals surface area (Å²) in [5.41, 5.74) is 24.0. The van der Waals surface area contributed by atoms with E-state index in [1.807, 2.05) is 170 Å². The highest BCUT2D eigenvalue weighted by atomic mass is 15.0. The van der Waals surface area contributed by atoms with Gasteiger partial charge in [0, 0.05) is 66.8 Å². The zero-order valence-electron chi connectivity index (χ0n) is 58.6. The smallest absolute Gasteiger partial charge is 0.164 e. The summed E-state index contributed by atoms with van der Waals surface area (Å²) in [7, 11) is 0. The molecule has 0 N–H and O–H groups in total. The van der Waals surface area contributed by atoms with Crippen LogP contribution in [-0.4, -0.2) is 49.8 Å². The fourth-order valence-electron chi connectivity index (χ4n) is 13.1. The predicted octanol–water partition coefficient (Wildman–Crippen LogP) is 24.0. The van der Waals surface area contributed by atoms with Crippen LogP contribution < -0.4 is 0 Å². The van der Waals surface area contributed by atoms with Gasteiger partial charge in [0.2, 0.25) is 0 Å². The Hall–Kier alpha value is -14.7. The minimum atomic E-state index is 0.618. The number of aromatic nitrogens is 10. The minimum absolute atomic E-state index is 0.618. The molecule has 10 nitrogen and oxygen atoms in total. The zero-order valence-corrected chi connectivity index (χ0v) is 58.6. The highest BCUT2D eigenvalue weighted by Crippen LogP contribution is 2.37. The molecule has 0 bridgehead atoms. The van der Waals surface area contributed by atoms with Crippen molar-refractivity contribution >= 4 is 0 Å². The quantitative estimate of drug-likeness (QED) is 0.0922. The van der Waals surface area contributed by atoms with Gasteiger partial charge in [0.05, 0.1) is 22.8 Å². The van der Waals surface area contributed by atoms with Crippen LogP contribution >= 0.6 is 0 Å². The maximum atomic E-state index is 5.12. The molecule has 18 rings (SSSR count). The van der Waals surface area contributed by atoms with Gasteiger partial charge in [-0.25, -0.2) is 49.8 Å². The monoisotopic (exact) mass is 1380 g/mol. The van der Waals surface area contributed by atoms with Crippen LogP contribution in [0.1, 0.15) is 0 Å². The minimum Gasteiger partial charge on any atom is -0.228 e. The molecule has 18 aromatic rings. The van der Waals surface area contributed by atoms with E-state index in [1.165, 1.54) is 5.56 Å². The van der Waals surface area contributed by atoms with Crippen molar-refractivity contribution in [2.75, 3.05) is 0 Å². The Morgan fingerprint density at radius 3 is 0.537 bits per heavy atom. The Bertz CT molecular complexity index is 5950. The van der Waals surface area contributed by atoms with Crippen molar-refractivity contribution in [1.82, 2.24) is 49.8 Å². The SMILES string of the molecule is c1ccc(-c2ccc(-c3nc(-c4ccccc4)cc(-c4cccc(-c5ccc(-c6nc(-c7ccccc7)nc(-c7ccccc7)n6)cc5)c4)n3)cc2)cc1.c1ccc(-c2cccc(-c3nc(-c4ccccc4)nc(-c4ccc(-c5cccc(-c6cc(-c7ccccc7)nc(-c7ccccc7)n6)c5)cc4)n3)c2)cc1. The number of hydrogen-bond donors (Lipinski definition) is 0. The summed E-state index contributed by atoms with van der Waals surface area (Å²) in [5, 5.41) is 0. The molecule has 0 atom stereocenters. The molecule has 0 spiro atoms. The van der Waals surface area contributed by atoms with E-state index in [1.54, 1.807) is 0 Å². The number of nitrogens with zero attached hydrogens (tertiary/aromatic N) is 10. The van der Waals surface area contributed by atoms with Crippen molar-refractivity contribution in [3.8, 4) is 181 Å². The van der Waals surface area contributed by atoms with E-state index in [0.717, 1.165) is 128 Å². The molecule has 0 unspecified atom stereocenters. The van der Waals surface area contributed by atoms with Crippen LogP contribution in [0.2, 0.25) is 0 Å². The first-order valence-electron chi connectivity index (χ1n) is 35.8. The molecule has 4 heterocycles. The molecular formula is C98H66N10. The van der Waals surface area contributed by atoms with E-state index in [2.05, 4.69) is 231 Å². The van der Waals surface area contributed by atoms with Crippen molar-refractivity contribution in [2.45, 2.75) is 0 Å². The average molecular weight is 1380 g/mol. The third-order valence-electron chi connectivity index (χ3n) is 18.7. The Balaban J connectivity index is 0.000000158. The average Bonchev–Trinajstić information content (AvgIpc) is 0.803. The molecule has 0 fully saturated rings. The molecule has 0 aliphatic heterocycles. The Morgan fingerprint density at radius 2 is 0.250 bits per heavy atom. The Labute approximate surface area is 627 Å². The second-order valence-electron chi connectivity index (χ2n) is 25.9. The van der Waals surface area contributed by atoms with Crippen LogP contribution in [0.3, 0.4) is 0 Å². The van der Waals surface area contributed by atoms with Crippen LogP contribution in [0.5, 0.6) is 0 Å². The molecule has 0 saturated carbocycles. The molecule has 10 heteroatoms. The summed E-state index contributed by atoms with van der Waals surface area (Å²) in [6.07, 6.45) is 0. The molecule has 0 aliphatic rings. The summed E-state index contributed by atoms with van der Waals surface area (Å²) in [5.74, 6) is 5.16. The molecular weight excluding hydrogens is 1320 g/mol. The standard InChI is InChI=1S/2C49H33N5/c1-5-15-34(16-6-1)41-24-14-26-43(32-41)49-53-47(38-21-11-4-12-22-38)52-48(54-49)39-29-27-35(28-30-39)40-23-13-25-42(31-40)45-33-44(36-17-7-2-8-18-36)50-46(51-45)37-19-9-3-10-20-37;1-5-14-34(15-6-1)35-24-28-40(29-25-35)46-50-44(37-16-7-2-8-17-37)33-45(51-46)43-23-13-22-42(32-43)36-26-30-41(31-27-36)49-53-47(38-18-9-3-10-19-38)52-48(54-49)39-20-11-4-12-21-39/h2*1-33H. The molecule has 0 aliphatic carbocycles. The van der Waals surface area contributed by atoms with Gasteiger partial charge in [0.25, 0.3) is 0 Å². The summed E-state index contributed by atoms with van der Waals surface area (Å²) < 4.78 is 0. The molecule has 0 radical (unpaired) electrons. The Morgan fingerprint density at radius 1 is 0.0926 bits per heavy atom. The van der Waals surface area contributed by atoms with Gasteiger partial charge in [-0.3, -0.25) is 0 Å². The van der Waals surface area contributed by atoms with Gasteiger partial charge in [-0.05, 0) is 74.8 Å². The second-order valence-corrected chi connectivity index (χ2v) is 25.9. The lowest BCUT2D eigenvalue weighted by Crippen LogP contribution is -2.00. The summed E-state index contributed by atoms with van der Waals surface area (Å²) >= 11 is 0. The molecule has 108 heavy (non-hydrogen) atoms. The fourth-order valence-corrected chi connectivity index (χ4v) is 13.1. The first-order valence-corrected chi connectivity index (χ1v) is 35.8. The van der Waals surface area contributed by atoms with Crippen LogP contribution in [0.4, 0.5) is 0 Å².